The predicted molar refractivity (Wildman–Crippen MR) is 141 cm³/mol. The molecular weight excluding hydrogens is 454 g/mol. The number of rotatable bonds is 10. The molecule has 0 saturated carbocycles. The highest BCUT2D eigenvalue weighted by Gasteiger charge is 2.34. The average Bonchev–Trinajstić information content (AvgIpc) is 3.33. The maximum absolute atomic E-state index is 6.66. The molecule has 0 radical (unpaired) electrons. The fraction of sp³-hybridized carbons (Fsp3) is 0.500. The van der Waals surface area contributed by atoms with Crippen LogP contribution in [-0.4, -0.2) is 32.1 Å². The molecule has 0 saturated heterocycles. The summed E-state index contributed by atoms with van der Waals surface area (Å²) in [5.41, 5.74) is 6.83. The molecule has 1 atom stereocenters. The molecule has 3 aromatic rings. The summed E-state index contributed by atoms with van der Waals surface area (Å²) in [5.74, 6) is 4.47. The van der Waals surface area contributed by atoms with Gasteiger partial charge in [0.2, 0.25) is 0 Å². The van der Waals surface area contributed by atoms with Crippen molar-refractivity contribution >= 4 is 0 Å². The Morgan fingerprint density at radius 2 is 1.67 bits per heavy atom. The molecule has 2 heterocycles. The quantitative estimate of drug-likeness (QED) is 0.320. The number of ether oxygens (including phenoxy) is 4. The van der Waals surface area contributed by atoms with Gasteiger partial charge in [0.15, 0.2) is 11.5 Å². The van der Waals surface area contributed by atoms with Crippen LogP contribution in [0.25, 0.3) is 0 Å². The van der Waals surface area contributed by atoms with Crippen LogP contribution in [0.15, 0.2) is 28.8 Å². The van der Waals surface area contributed by atoms with Gasteiger partial charge in [0.05, 0.1) is 27.0 Å². The second kappa shape index (κ2) is 10.9. The van der Waals surface area contributed by atoms with Crippen molar-refractivity contribution < 1.29 is 23.5 Å². The van der Waals surface area contributed by atoms with E-state index >= 15 is 0 Å². The third kappa shape index (κ3) is 5.32. The van der Waals surface area contributed by atoms with Gasteiger partial charge in [-0.05, 0) is 101 Å². The van der Waals surface area contributed by atoms with Gasteiger partial charge in [0.25, 0.3) is 0 Å². The van der Waals surface area contributed by atoms with Crippen LogP contribution in [0.4, 0.5) is 0 Å². The minimum atomic E-state index is -0.179. The molecule has 6 nitrogen and oxygen atoms in total. The maximum atomic E-state index is 6.66. The summed E-state index contributed by atoms with van der Waals surface area (Å²) < 4.78 is 28.7. The molecular formula is C30H39NO5. The molecule has 2 aromatic carbocycles. The van der Waals surface area contributed by atoms with E-state index in [1.54, 1.807) is 21.3 Å². The zero-order chi connectivity index (χ0) is 25.9. The number of aryl methyl sites for hydroxylation is 3. The summed E-state index contributed by atoms with van der Waals surface area (Å²) in [4.78, 5) is 0. The van der Waals surface area contributed by atoms with E-state index in [2.05, 4.69) is 45.0 Å². The fourth-order valence-corrected chi connectivity index (χ4v) is 5.30. The molecule has 36 heavy (non-hydrogen) atoms. The van der Waals surface area contributed by atoms with Crippen molar-refractivity contribution in [1.82, 2.24) is 5.16 Å². The lowest BCUT2D eigenvalue weighted by molar-refractivity contribution is 0.0525. The Kier molecular flexibility index (Phi) is 7.82. The highest BCUT2D eigenvalue weighted by Crippen LogP contribution is 2.44. The molecule has 1 aliphatic rings. The Labute approximate surface area is 214 Å². The van der Waals surface area contributed by atoms with Crippen LogP contribution >= 0.6 is 0 Å². The van der Waals surface area contributed by atoms with Gasteiger partial charge in [0, 0.05) is 18.1 Å². The molecule has 6 heteroatoms. The van der Waals surface area contributed by atoms with Crippen molar-refractivity contribution in [3.8, 4) is 23.0 Å². The SMILES string of the molecule is COc1ccc(CCc2cc(CCCC3(C)CCc4c(C)c(OC)c(C)c(C)c4O3)on2)cc1OC. The normalized spacial score (nSPS) is 16.9. The molecule has 0 aliphatic carbocycles. The topological polar surface area (TPSA) is 63.0 Å². The molecule has 1 aromatic heterocycles. The highest BCUT2D eigenvalue weighted by atomic mass is 16.5. The number of fused-ring (bicyclic) bond motifs is 1. The maximum Gasteiger partial charge on any atom is 0.160 e. The number of methoxy groups -OCH3 is 3. The van der Waals surface area contributed by atoms with Crippen LogP contribution in [0.5, 0.6) is 23.0 Å². The first kappa shape index (κ1) is 25.9. The monoisotopic (exact) mass is 493 g/mol. The summed E-state index contributed by atoms with van der Waals surface area (Å²) >= 11 is 0. The van der Waals surface area contributed by atoms with E-state index < -0.39 is 0 Å². The minimum absolute atomic E-state index is 0.179. The second-order valence-electron chi connectivity index (χ2n) is 10.1. The van der Waals surface area contributed by atoms with Gasteiger partial charge >= 0.3 is 0 Å². The summed E-state index contributed by atoms with van der Waals surface area (Å²) in [6.45, 7) is 8.63. The lowest BCUT2D eigenvalue weighted by Crippen LogP contribution is -2.37. The molecule has 0 N–H and O–H groups in total. The molecule has 0 amide bonds. The van der Waals surface area contributed by atoms with Crippen LogP contribution in [0, 0.1) is 20.8 Å². The van der Waals surface area contributed by atoms with Crippen molar-refractivity contribution in [2.24, 2.45) is 0 Å². The number of benzene rings is 2. The number of nitrogens with zero attached hydrogens (tertiary/aromatic N) is 1. The van der Waals surface area contributed by atoms with Gasteiger partial charge in [-0.25, -0.2) is 0 Å². The Morgan fingerprint density at radius 3 is 2.39 bits per heavy atom. The third-order valence-electron chi connectivity index (χ3n) is 7.62. The molecule has 4 rings (SSSR count). The predicted octanol–water partition coefficient (Wildman–Crippen LogP) is 6.52. The minimum Gasteiger partial charge on any atom is -0.496 e. The molecule has 1 aliphatic heterocycles. The van der Waals surface area contributed by atoms with Crippen molar-refractivity contribution in [3.63, 3.8) is 0 Å². The Balaban J connectivity index is 1.32. The number of hydrogen-bond acceptors (Lipinski definition) is 6. The van der Waals surface area contributed by atoms with Crippen LogP contribution in [0.1, 0.15) is 65.5 Å². The van der Waals surface area contributed by atoms with E-state index in [0.717, 1.165) is 79.4 Å². The van der Waals surface area contributed by atoms with Gasteiger partial charge in [-0.15, -0.1) is 0 Å². The molecule has 194 valence electrons. The first-order valence-electron chi connectivity index (χ1n) is 12.8. The van der Waals surface area contributed by atoms with Gasteiger partial charge in [0.1, 0.15) is 22.9 Å². The molecule has 0 spiro atoms. The Bertz CT molecular complexity index is 1210. The summed E-state index contributed by atoms with van der Waals surface area (Å²) in [5, 5.41) is 4.29. The largest absolute Gasteiger partial charge is 0.496 e. The number of aromatic nitrogens is 1. The van der Waals surface area contributed by atoms with Gasteiger partial charge in [-0.3, -0.25) is 0 Å². The van der Waals surface area contributed by atoms with Crippen LogP contribution in [0.3, 0.4) is 0 Å². The van der Waals surface area contributed by atoms with E-state index in [1.165, 1.54) is 27.8 Å². The summed E-state index contributed by atoms with van der Waals surface area (Å²) in [7, 11) is 5.05. The third-order valence-corrected chi connectivity index (χ3v) is 7.62. The van der Waals surface area contributed by atoms with Crippen molar-refractivity contribution in [3.05, 3.63) is 63.5 Å². The van der Waals surface area contributed by atoms with E-state index in [9.17, 15) is 0 Å². The van der Waals surface area contributed by atoms with E-state index in [-0.39, 0.29) is 5.60 Å². The first-order chi connectivity index (χ1) is 17.3. The van der Waals surface area contributed by atoms with Gasteiger partial charge in [-0.2, -0.15) is 0 Å². The fourth-order valence-electron chi connectivity index (χ4n) is 5.30. The van der Waals surface area contributed by atoms with Crippen molar-refractivity contribution in [2.45, 2.75) is 78.2 Å². The molecule has 0 bridgehead atoms. The van der Waals surface area contributed by atoms with Crippen LogP contribution < -0.4 is 18.9 Å². The molecule has 0 fully saturated rings. The van der Waals surface area contributed by atoms with Crippen LogP contribution in [0.2, 0.25) is 0 Å². The van der Waals surface area contributed by atoms with E-state index in [4.69, 9.17) is 23.5 Å². The zero-order valence-electron chi connectivity index (χ0n) is 22.7. The zero-order valence-corrected chi connectivity index (χ0v) is 22.7. The lowest BCUT2D eigenvalue weighted by Gasteiger charge is -2.38. The van der Waals surface area contributed by atoms with Crippen molar-refractivity contribution in [2.75, 3.05) is 21.3 Å². The summed E-state index contributed by atoms with van der Waals surface area (Å²) in [6, 6.07) is 8.11. The van der Waals surface area contributed by atoms with Crippen molar-refractivity contribution in [1.29, 1.82) is 0 Å². The average molecular weight is 494 g/mol. The second-order valence-corrected chi connectivity index (χ2v) is 10.1. The number of hydrogen-bond donors (Lipinski definition) is 0. The smallest absolute Gasteiger partial charge is 0.160 e. The van der Waals surface area contributed by atoms with Crippen LogP contribution in [-0.2, 0) is 25.7 Å². The Hall–Kier alpha value is -3.15. The standard InChI is InChI=1S/C30H39NO5/c1-19-20(2)29-25(21(3)28(19)34-7)14-16-30(4,35-29)15-8-9-24-18-23(31-36-24)12-10-22-11-13-26(32-5)27(17-22)33-6/h11,13,17-18H,8-10,12,14-16H2,1-7H3. The summed E-state index contributed by atoms with van der Waals surface area (Å²) in [6.07, 6.45) is 6.51. The lowest BCUT2D eigenvalue weighted by atomic mass is 9.84. The van der Waals surface area contributed by atoms with E-state index in [1.807, 2.05) is 12.1 Å². The highest BCUT2D eigenvalue weighted by molar-refractivity contribution is 5.59. The van der Waals surface area contributed by atoms with E-state index in [0.29, 0.717) is 0 Å². The van der Waals surface area contributed by atoms with Gasteiger partial charge in [-0.1, -0.05) is 11.2 Å². The van der Waals surface area contributed by atoms with Gasteiger partial charge < -0.3 is 23.5 Å². The first-order valence-corrected chi connectivity index (χ1v) is 12.8. The molecule has 1 unspecified atom stereocenters. The Morgan fingerprint density at radius 1 is 0.889 bits per heavy atom.